The van der Waals surface area contributed by atoms with E-state index in [0.29, 0.717) is 6.54 Å². The molecule has 1 aromatic heterocycles. The van der Waals surface area contributed by atoms with Crippen LogP contribution >= 0.6 is 11.3 Å². The van der Waals surface area contributed by atoms with Gasteiger partial charge < -0.3 is 9.91 Å². The smallest absolute Gasteiger partial charge is 0.251 e. The zero-order valence-corrected chi connectivity index (χ0v) is 11.5. The molecule has 3 heterocycles. The molecule has 2 aliphatic rings. The lowest BCUT2D eigenvalue weighted by Gasteiger charge is -2.30. The third-order valence-electron chi connectivity index (χ3n) is 3.39. The topological polar surface area (TPSA) is 35.6 Å². The Labute approximate surface area is 116 Å². The highest BCUT2D eigenvalue weighted by Gasteiger charge is 2.39. The van der Waals surface area contributed by atoms with Crippen LogP contribution in [0.5, 0.6) is 0 Å². The highest BCUT2D eigenvalue weighted by molar-refractivity contribution is 7.10. The van der Waals surface area contributed by atoms with Gasteiger partial charge in [0.2, 0.25) is 0 Å². The third-order valence-corrected chi connectivity index (χ3v) is 4.37. The maximum absolute atomic E-state index is 12.4. The van der Waals surface area contributed by atoms with Crippen LogP contribution in [-0.2, 0) is 4.79 Å². The number of amides is 1. The fourth-order valence-electron chi connectivity index (χ4n) is 2.41. The number of carbonyl (C=O) groups is 1. The number of nitrogens with zero attached hydrogens (tertiary/aromatic N) is 2. The Bertz CT molecular complexity index is 555. The maximum atomic E-state index is 12.4. The van der Waals surface area contributed by atoms with Crippen molar-refractivity contribution in [2.24, 2.45) is 0 Å². The minimum absolute atomic E-state index is 0.115. The summed E-state index contributed by atoms with van der Waals surface area (Å²) < 4.78 is 0. The maximum Gasteiger partial charge on any atom is 0.251 e. The van der Waals surface area contributed by atoms with Crippen molar-refractivity contribution in [3.8, 4) is 11.8 Å². The Morgan fingerprint density at radius 2 is 2.42 bits per heavy atom. The summed E-state index contributed by atoms with van der Waals surface area (Å²) in [5.41, 5.74) is 3.38. The first-order chi connectivity index (χ1) is 9.29. The average molecular weight is 273 g/mol. The van der Waals surface area contributed by atoms with Crippen molar-refractivity contribution in [3.63, 3.8) is 0 Å². The van der Waals surface area contributed by atoms with Crippen molar-refractivity contribution in [2.75, 3.05) is 6.54 Å². The molecule has 0 radical (unpaired) electrons. The van der Waals surface area contributed by atoms with Gasteiger partial charge in [0.1, 0.15) is 6.04 Å². The van der Waals surface area contributed by atoms with E-state index in [1.807, 2.05) is 17.3 Å². The highest BCUT2D eigenvalue weighted by Crippen LogP contribution is 2.32. The average Bonchev–Trinajstić information content (AvgIpc) is 3.07. The molecule has 0 aliphatic carbocycles. The van der Waals surface area contributed by atoms with Gasteiger partial charge in [0.25, 0.3) is 5.91 Å². The first kappa shape index (κ1) is 12.3. The number of thiophene rings is 1. The Morgan fingerprint density at radius 1 is 1.53 bits per heavy atom. The minimum atomic E-state index is -0.115. The van der Waals surface area contributed by atoms with Gasteiger partial charge in [0, 0.05) is 23.7 Å². The molecule has 5 heteroatoms. The Balaban J connectivity index is 1.75. The van der Waals surface area contributed by atoms with E-state index < -0.39 is 0 Å². The fourth-order valence-corrected chi connectivity index (χ4v) is 3.19. The van der Waals surface area contributed by atoms with Gasteiger partial charge in [-0.3, -0.25) is 4.79 Å². The van der Waals surface area contributed by atoms with E-state index in [1.54, 1.807) is 29.4 Å². The number of hydrogen-bond acceptors (Lipinski definition) is 4. The number of hydrazine groups is 1. The van der Waals surface area contributed by atoms with Gasteiger partial charge in [0.05, 0.1) is 12.6 Å². The first-order valence-corrected chi connectivity index (χ1v) is 7.14. The molecule has 2 atom stereocenters. The summed E-state index contributed by atoms with van der Waals surface area (Å²) in [5, 5.41) is 3.98. The van der Waals surface area contributed by atoms with E-state index in [1.165, 1.54) is 4.88 Å². The van der Waals surface area contributed by atoms with E-state index in [-0.39, 0.29) is 18.0 Å². The zero-order chi connectivity index (χ0) is 13.2. The molecule has 0 aromatic carbocycles. The quantitative estimate of drug-likeness (QED) is 0.833. The van der Waals surface area contributed by atoms with Gasteiger partial charge in [-0.05, 0) is 18.4 Å². The van der Waals surface area contributed by atoms with Crippen LogP contribution < -0.4 is 5.43 Å². The molecule has 1 saturated heterocycles. The molecule has 1 N–H and O–H groups in total. The molecule has 1 aromatic rings. The third kappa shape index (κ3) is 2.25. The van der Waals surface area contributed by atoms with Crippen LogP contribution in [0.15, 0.2) is 29.9 Å². The van der Waals surface area contributed by atoms with Crippen LogP contribution in [-0.4, -0.2) is 28.4 Å². The van der Waals surface area contributed by atoms with E-state index >= 15 is 0 Å². The monoisotopic (exact) mass is 273 g/mol. The summed E-state index contributed by atoms with van der Waals surface area (Å²) in [4.78, 5) is 15.3. The van der Waals surface area contributed by atoms with Crippen molar-refractivity contribution in [1.29, 1.82) is 0 Å². The van der Waals surface area contributed by atoms with Gasteiger partial charge in [-0.1, -0.05) is 12.0 Å². The van der Waals surface area contributed by atoms with Crippen LogP contribution in [0.2, 0.25) is 0 Å². The van der Waals surface area contributed by atoms with E-state index in [2.05, 4.69) is 28.7 Å². The second-order valence-electron chi connectivity index (χ2n) is 4.55. The molecule has 2 aliphatic heterocycles. The molecule has 1 fully saturated rings. The predicted molar refractivity (Wildman–Crippen MR) is 74.7 cm³/mol. The Kier molecular flexibility index (Phi) is 3.28. The summed E-state index contributed by atoms with van der Waals surface area (Å²) in [6.45, 7) is 2.26. The van der Waals surface area contributed by atoms with Gasteiger partial charge in [-0.15, -0.1) is 17.3 Å². The SMILES string of the molecule is CC#CCN1C=CN2NC(c3cccs3)CC2C1=O. The molecule has 4 nitrogen and oxygen atoms in total. The standard InChI is InChI=1S/C14H15N3OS/c1-2-3-6-16-7-8-17-12(14(16)18)10-11(15-17)13-5-4-9-19-13/h4-5,7-9,11-12,15H,6,10H2,1H3. The normalized spacial score (nSPS) is 25.2. The van der Waals surface area contributed by atoms with Crippen molar-refractivity contribution >= 4 is 17.2 Å². The second kappa shape index (κ2) is 5.08. The summed E-state index contributed by atoms with van der Waals surface area (Å²) >= 11 is 1.72. The van der Waals surface area contributed by atoms with Crippen molar-refractivity contribution in [1.82, 2.24) is 15.3 Å². The number of rotatable bonds is 2. The Morgan fingerprint density at radius 3 is 3.16 bits per heavy atom. The van der Waals surface area contributed by atoms with E-state index in [0.717, 1.165) is 6.42 Å². The molecule has 1 amide bonds. The van der Waals surface area contributed by atoms with Crippen LogP contribution in [0.3, 0.4) is 0 Å². The lowest BCUT2D eigenvalue weighted by Crippen LogP contribution is -2.48. The number of fused-ring (bicyclic) bond motifs is 1. The predicted octanol–water partition coefficient (Wildman–Crippen LogP) is 1.70. The molecular formula is C14H15N3OS. The van der Waals surface area contributed by atoms with Crippen molar-refractivity contribution in [2.45, 2.75) is 25.4 Å². The molecule has 19 heavy (non-hydrogen) atoms. The fraction of sp³-hybridized carbons (Fsp3) is 0.357. The largest absolute Gasteiger partial charge is 0.304 e. The minimum Gasteiger partial charge on any atom is -0.304 e. The van der Waals surface area contributed by atoms with E-state index in [4.69, 9.17) is 0 Å². The molecule has 0 saturated carbocycles. The van der Waals surface area contributed by atoms with Crippen LogP contribution in [0.25, 0.3) is 0 Å². The summed E-state index contributed by atoms with van der Waals surface area (Å²) in [5.74, 6) is 5.88. The Hall–Kier alpha value is -1.77. The highest BCUT2D eigenvalue weighted by atomic mass is 32.1. The number of nitrogens with one attached hydrogen (secondary N) is 1. The van der Waals surface area contributed by atoms with Gasteiger partial charge in [0.15, 0.2) is 0 Å². The lowest BCUT2D eigenvalue weighted by atomic mass is 10.1. The zero-order valence-electron chi connectivity index (χ0n) is 10.7. The summed E-state index contributed by atoms with van der Waals surface area (Å²) in [7, 11) is 0. The molecular weight excluding hydrogens is 258 g/mol. The second-order valence-corrected chi connectivity index (χ2v) is 5.53. The van der Waals surface area contributed by atoms with E-state index in [9.17, 15) is 4.79 Å². The molecule has 2 unspecified atom stereocenters. The van der Waals surface area contributed by atoms with Crippen molar-refractivity contribution in [3.05, 3.63) is 34.8 Å². The van der Waals surface area contributed by atoms with Gasteiger partial charge in [-0.25, -0.2) is 5.43 Å². The summed E-state index contributed by atoms with van der Waals surface area (Å²) in [6.07, 6.45) is 4.53. The summed E-state index contributed by atoms with van der Waals surface area (Å²) in [6, 6.07) is 4.27. The number of hydrogen-bond donors (Lipinski definition) is 1. The van der Waals surface area contributed by atoms with Crippen LogP contribution in [0, 0.1) is 11.8 Å². The molecule has 98 valence electrons. The van der Waals surface area contributed by atoms with Crippen LogP contribution in [0.4, 0.5) is 0 Å². The molecule has 3 rings (SSSR count). The van der Waals surface area contributed by atoms with Gasteiger partial charge >= 0.3 is 0 Å². The lowest BCUT2D eigenvalue weighted by molar-refractivity contribution is -0.133. The number of carbonyl (C=O) groups excluding carboxylic acids is 1. The first-order valence-electron chi connectivity index (χ1n) is 6.26. The van der Waals surface area contributed by atoms with Crippen molar-refractivity contribution < 1.29 is 4.79 Å². The van der Waals surface area contributed by atoms with Crippen LogP contribution in [0.1, 0.15) is 24.3 Å². The molecule has 0 spiro atoms. The van der Waals surface area contributed by atoms with Gasteiger partial charge in [-0.2, -0.15) is 0 Å². The molecule has 0 bridgehead atoms.